The summed E-state index contributed by atoms with van der Waals surface area (Å²) in [7, 11) is 6.09. The van der Waals surface area contributed by atoms with Crippen LogP contribution in [0.5, 0.6) is 0 Å². The van der Waals surface area contributed by atoms with Crippen LogP contribution in [0, 0.1) is 5.41 Å². The molecule has 1 N–H and O–H groups in total. The van der Waals surface area contributed by atoms with E-state index in [9.17, 15) is 0 Å². The van der Waals surface area contributed by atoms with Gasteiger partial charge in [0.1, 0.15) is 0 Å². The predicted molar refractivity (Wildman–Crippen MR) is 53.8 cm³/mol. The van der Waals surface area contributed by atoms with E-state index < -0.39 is 0 Å². The SMILES string of the molecule is CCCC(=N)N(C)CCN(C)C. The second-order valence-electron chi connectivity index (χ2n) is 3.42. The van der Waals surface area contributed by atoms with Crippen LogP contribution in [0.25, 0.3) is 0 Å². The molecule has 0 unspecified atom stereocenters. The molecule has 72 valence electrons. The van der Waals surface area contributed by atoms with E-state index in [0.717, 1.165) is 31.8 Å². The third-order valence-corrected chi connectivity index (χ3v) is 1.83. The summed E-state index contributed by atoms with van der Waals surface area (Å²) in [4.78, 5) is 4.15. The van der Waals surface area contributed by atoms with Gasteiger partial charge in [0.2, 0.25) is 0 Å². The number of nitrogens with zero attached hydrogens (tertiary/aromatic N) is 2. The molecule has 0 aromatic heterocycles. The van der Waals surface area contributed by atoms with Gasteiger partial charge >= 0.3 is 0 Å². The van der Waals surface area contributed by atoms with Crippen molar-refractivity contribution in [3.05, 3.63) is 0 Å². The molecule has 3 nitrogen and oxygen atoms in total. The smallest absolute Gasteiger partial charge is 0.0955 e. The second kappa shape index (κ2) is 6.00. The van der Waals surface area contributed by atoms with Gasteiger partial charge < -0.3 is 9.80 Å². The number of hydrogen-bond acceptors (Lipinski definition) is 2. The second-order valence-corrected chi connectivity index (χ2v) is 3.42. The van der Waals surface area contributed by atoms with E-state index in [0.29, 0.717) is 0 Å². The van der Waals surface area contributed by atoms with Crippen LogP contribution in [-0.4, -0.2) is 49.9 Å². The molecule has 0 heterocycles. The van der Waals surface area contributed by atoms with Crippen LogP contribution in [0.4, 0.5) is 0 Å². The molecule has 0 aliphatic heterocycles. The highest BCUT2D eigenvalue weighted by atomic mass is 15.2. The van der Waals surface area contributed by atoms with Crippen LogP contribution in [0.15, 0.2) is 0 Å². The molecular weight excluding hydrogens is 150 g/mol. The predicted octanol–water partition coefficient (Wildman–Crippen LogP) is 1.26. The fourth-order valence-corrected chi connectivity index (χ4v) is 0.913. The zero-order valence-electron chi connectivity index (χ0n) is 8.72. The van der Waals surface area contributed by atoms with E-state index in [-0.39, 0.29) is 0 Å². The monoisotopic (exact) mass is 171 g/mol. The average Bonchev–Trinajstić information content (AvgIpc) is 2.00. The minimum Gasteiger partial charge on any atom is -0.362 e. The number of hydrogen-bond donors (Lipinski definition) is 1. The molecule has 0 aliphatic carbocycles. The quantitative estimate of drug-likeness (QED) is 0.498. The average molecular weight is 171 g/mol. The van der Waals surface area contributed by atoms with Crippen molar-refractivity contribution in [3.63, 3.8) is 0 Å². The third kappa shape index (κ3) is 5.13. The molecule has 0 atom stereocenters. The van der Waals surface area contributed by atoms with E-state index >= 15 is 0 Å². The molecule has 12 heavy (non-hydrogen) atoms. The van der Waals surface area contributed by atoms with Crippen LogP contribution < -0.4 is 0 Å². The molecule has 0 radical (unpaired) electrons. The van der Waals surface area contributed by atoms with Gasteiger partial charge in [0.25, 0.3) is 0 Å². The maximum Gasteiger partial charge on any atom is 0.0955 e. The molecule has 0 fully saturated rings. The molecule has 0 aromatic carbocycles. The van der Waals surface area contributed by atoms with Crippen molar-refractivity contribution in [2.45, 2.75) is 19.8 Å². The highest BCUT2D eigenvalue weighted by Crippen LogP contribution is 1.94. The van der Waals surface area contributed by atoms with E-state index in [1.165, 1.54) is 0 Å². The summed E-state index contributed by atoms with van der Waals surface area (Å²) in [5.74, 6) is 0.749. The Kier molecular flexibility index (Phi) is 5.72. The van der Waals surface area contributed by atoms with Gasteiger partial charge in [0.15, 0.2) is 0 Å². The lowest BCUT2D eigenvalue weighted by atomic mass is 10.3. The number of likely N-dealkylation sites (N-methyl/N-ethyl adjacent to an activating group) is 2. The molecule has 0 bridgehead atoms. The molecule has 0 spiro atoms. The summed E-state index contributed by atoms with van der Waals surface area (Å²) in [5.41, 5.74) is 0. The van der Waals surface area contributed by atoms with Gasteiger partial charge in [-0.3, -0.25) is 5.41 Å². The Morgan fingerprint density at radius 2 is 1.75 bits per heavy atom. The molecule has 3 heteroatoms. The summed E-state index contributed by atoms with van der Waals surface area (Å²) >= 11 is 0. The Balaban J connectivity index is 3.56. The third-order valence-electron chi connectivity index (χ3n) is 1.83. The van der Waals surface area contributed by atoms with Gasteiger partial charge in [-0.05, 0) is 20.5 Å². The standard InChI is InChI=1S/C9H21N3/c1-5-6-9(10)12(4)8-7-11(2)3/h10H,5-8H2,1-4H3. The van der Waals surface area contributed by atoms with Gasteiger partial charge in [-0.15, -0.1) is 0 Å². The number of amidine groups is 1. The van der Waals surface area contributed by atoms with Crippen molar-refractivity contribution in [2.75, 3.05) is 34.2 Å². The van der Waals surface area contributed by atoms with Crippen molar-refractivity contribution in [2.24, 2.45) is 0 Å². The van der Waals surface area contributed by atoms with E-state index in [2.05, 4.69) is 25.9 Å². The maximum absolute atomic E-state index is 7.65. The first-order valence-electron chi connectivity index (χ1n) is 4.51. The summed E-state index contributed by atoms with van der Waals surface area (Å²) in [6.45, 7) is 4.07. The normalized spacial score (nSPS) is 10.4. The van der Waals surface area contributed by atoms with Crippen LogP contribution >= 0.6 is 0 Å². The van der Waals surface area contributed by atoms with Crippen LogP contribution in [0.2, 0.25) is 0 Å². The van der Waals surface area contributed by atoms with Gasteiger partial charge in [-0.2, -0.15) is 0 Å². The number of nitrogens with one attached hydrogen (secondary N) is 1. The topological polar surface area (TPSA) is 30.3 Å². The lowest BCUT2D eigenvalue weighted by Gasteiger charge is -2.21. The van der Waals surface area contributed by atoms with Crippen molar-refractivity contribution in [1.82, 2.24) is 9.80 Å². The Labute approximate surface area is 75.9 Å². The minimum atomic E-state index is 0.749. The van der Waals surface area contributed by atoms with Crippen molar-refractivity contribution in [1.29, 1.82) is 5.41 Å². The fourth-order valence-electron chi connectivity index (χ4n) is 0.913. The molecular formula is C9H21N3. The first-order chi connectivity index (χ1) is 5.57. The lowest BCUT2D eigenvalue weighted by molar-refractivity contribution is 0.353. The van der Waals surface area contributed by atoms with E-state index in [1.54, 1.807) is 0 Å². The molecule has 0 aromatic rings. The lowest BCUT2D eigenvalue weighted by Crippen LogP contribution is -2.32. The highest BCUT2D eigenvalue weighted by molar-refractivity contribution is 5.78. The minimum absolute atomic E-state index is 0.749. The zero-order valence-corrected chi connectivity index (χ0v) is 8.72. The Morgan fingerprint density at radius 3 is 2.17 bits per heavy atom. The molecule has 0 aliphatic rings. The summed E-state index contributed by atoms with van der Waals surface area (Å²) in [6, 6.07) is 0. The van der Waals surface area contributed by atoms with Crippen LogP contribution in [-0.2, 0) is 0 Å². The van der Waals surface area contributed by atoms with Crippen LogP contribution in [0.1, 0.15) is 19.8 Å². The zero-order chi connectivity index (χ0) is 9.56. The van der Waals surface area contributed by atoms with E-state index in [4.69, 9.17) is 5.41 Å². The van der Waals surface area contributed by atoms with E-state index in [1.807, 2.05) is 11.9 Å². The molecule has 0 rings (SSSR count). The molecule has 0 amide bonds. The largest absolute Gasteiger partial charge is 0.362 e. The molecule has 0 saturated heterocycles. The van der Waals surface area contributed by atoms with Crippen molar-refractivity contribution < 1.29 is 0 Å². The first kappa shape index (κ1) is 11.4. The number of rotatable bonds is 5. The van der Waals surface area contributed by atoms with Gasteiger partial charge in [0.05, 0.1) is 5.84 Å². The van der Waals surface area contributed by atoms with Gasteiger partial charge in [-0.1, -0.05) is 6.92 Å². The van der Waals surface area contributed by atoms with Crippen molar-refractivity contribution >= 4 is 5.84 Å². The van der Waals surface area contributed by atoms with Crippen LogP contribution in [0.3, 0.4) is 0 Å². The summed E-state index contributed by atoms with van der Waals surface area (Å²) < 4.78 is 0. The summed E-state index contributed by atoms with van der Waals surface area (Å²) in [6.07, 6.45) is 1.95. The Bertz CT molecular complexity index is 132. The maximum atomic E-state index is 7.65. The van der Waals surface area contributed by atoms with Crippen molar-refractivity contribution in [3.8, 4) is 0 Å². The van der Waals surface area contributed by atoms with Gasteiger partial charge in [-0.25, -0.2) is 0 Å². The Hall–Kier alpha value is -0.570. The fraction of sp³-hybridized carbons (Fsp3) is 0.889. The van der Waals surface area contributed by atoms with Gasteiger partial charge in [0, 0.05) is 26.6 Å². The summed E-state index contributed by atoms with van der Waals surface area (Å²) in [5, 5.41) is 7.65. The molecule has 0 saturated carbocycles. The Morgan fingerprint density at radius 1 is 1.17 bits per heavy atom. The first-order valence-corrected chi connectivity index (χ1v) is 4.51. The highest BCUT2D eigenvalue weighted by Gasteiger charge is 2.02.